The van der Waals surface area contributed by atoms with Crippen molar-refractivity contribution in [3.63, 3.8) is 0 Å². The van der Waals surface area contributed by atoms with E-state index in [4.69, 9.17) is 9.72 Å². The highest BCUT2D eigenvalue weighted by atomic mass is 16.5. The number of hydrogen-bond acceptors (Lipinski definition) is 3. The van der Waals surface area contributed by atoms with Crippen molar-refractivity contribution in [3.05, 3.63) is 66.0 Å². The second-order valence-corrected chi connectivity index (χ2v) is 8.12. The van der Waals surface area contributed by atoms with Crippen LogP contribution in [-0.4, -0.2) is 23.7 Å². The molecule has 1 saturated carbocycles. The van der Waals surface area contributed by atoms with E-state index < -0.39 is 0 Å². The summed E-state index contributed by atoms with van der Waals surface area (Å²) in [5.74, 6) is 0. The van der Waals surface area contributed by atoms with E-state index in [0.29, 0.717) is 0 Å². The van der Waals surface area contributed by atoms with Gasteiger partial charge in [-0.1, -0.05) is 55.7 Å². The first-order chi connectivity index (χ1) is 12.8. The lowest BCUT2D eigenvalue weighted by Crippen LogP contribution is -2.36. The summed E-state index contributed by atoms with van der Waals surface area (Å²) in [4.78, 5) is 4.74. The van der Waals surface area contributed by atoms with E-state index in [9.17, 15) is 0 Å². The van der Waals surface area contributed by atoms with Crippen LogP contribution in [0.15, 0.2) is 54.7 Å². The monoisotopic (exact) mass is 350 g/mol. The van der Waals surface area contributed by atoms with Gasteiger partial charge in [0.25, 0.3) is 0 Å². The molecule has 138 valence electrons. The van der Waals surface area contributed by atoms with Gasteiger partial charge in [-0.05, 0) is 49.9 Å². The Bertz CT molecular complexity index is 682. The van der Waals surface area contributed by atoms with Crippen molar-refractivity contribution >= 4 is 0 Å². The zero-order valence-corrected chi connectivity index (χ0v) is 15.6. The van der Waals surface area contributed by atoms with Gasteiger partial charge in [-0.25, -0.2) is 0 Å². The van der Waals surface area contributed by atoms with E-state index in [1.165, 1.54) is 43.4 Å². The number of hydrogen-bond donors (Lipinski definition) is 1. The van der Waals surface area contributed by atoms with Gasteiger partial charge in [-0.2, -0.15) is 0 Å². The van der Waals surface area contributed by atoms with Gasteiger partial charge in [0.05, 0.1) is 12.2 Å². The molecule has 1 aromatic heterocycles. The number of aromatic nitrogens is 1. The van der Waals surface area contributed by atoms with Gasteiger partial charge in [0.2, 0.25) is 0 Å². The van der Waals surface area contributed by atoms with E-state index in [1.54, 1.807) is 0 Å². The molecule has 0 amide bonds. The third-order valence-corrected chi connectivity index (χ3v) is 6.24. The largest absolute Gasteiger partial charge is 0.374 e. The summed E-state index contributed by atoms with van der Waals surface area (Å²) in [5, 5.41) is 3.63. The van der Waals surface area contributed by atoms with Crippen LogP contribution in [0.5, 0.6) is 0 Å². The van der Waals surface area contributed by atoms with Crippen LogP contribution in [0.1, 0.15) is 56.2 Å². The fourth-order valence-electron chi connectivity index (χ4n) is 4.81. The van der Waals surface area contributed by atoms with Crippen molar-refractivity contribution in [2.45, 2.75) is 62.5 Å². The number of nitrogens with zero attached hydrogens (tertiary/aromatic N) is 1. The molecule has 4 rings (SSSR count). The lowest BCUT2D eigenvalue weighted by atomic mass is 9.71. The van der Waals surface area contributed by atoms with Crippen molar-refractivity contribution in [2.75, 3.05) is 13.2 Å². The predicted octanol–water partition coefficient (Wildman–Crippen LogP) is 4.62. The maximum Gasteiger partial charge on any atom is 0.0693 e. The molecule has 0 radical (unpaired) electrons. The smallest absolute Gasteiger partial charge is 0.0693 e. The van der Waals surface area contributed by atoms with Crippen LogP contribution in [0.4, 0.5) is 0 Å². The topological polar surface area (TPSA) is 34.2 Å². The maximum absolute atomic E-state index is 6.50. The molecule has 1 unspecified atom stereocenters. The lowest BCUT2D eigenvalue weighted by molar-refractivity contribution is -0.0252. The van der Waals surface area contributed by atoms with Crippen molar-refractivity contribution in [2.24, 2.45) is 0 Å². The Morgan fingerprint density at radius 3 is 2.54 bits per heavy atom. The van der Waals surface area contributed by atoms with E-state index in [1.807, 2.05) is 12.3 Å². The van der Waals surface area contributed by atoms with Crippen LogP contribution in [0.25, 0.3) is 0 Å². The van der Waals surface area contributed by atoms with E-state index in [0.717, 1.165) is 32.5 Å². The van der Waals surface area contributed by atoms with Crippen LogP contribution in [0.3, 0.4) is 0 Å². The molecule has 0 bridgehead atoms. The lowest BCUT2D eigenvalue weighted by Gasteiger charge is -2.34. The summed E-state index contributed by atoms with van der Waals surface area (Å²) >= 11 is 0. The zero-order chi connectivity index (χ0) is 17.7. The number of benzene rings is 1. The highest BCUT2D eigenvalue weighted by Crippen LogP contribution is 2.49. The number of nitrogens with one attached hydrogen (secondary N) is 1. The SMILES string of the molecule is c1ccc(CNCCC2(c3ccccn3)COC3(CCCCC3)C2)cc1. The fraction of sp³-hybridized carbons (Fsp3) is 0.522. The molecule has 26 heavy (non-hydrogen) atoms. The quantitative estimate of drug-likeness (QED) is 0.772. The van der Waals surface area contributed by atoms with Gasteiger partial charge < -0.3 is 10.1 Å². The van der Waals surface area contributed by atoms with Crippen molar-refractivity contribution in [1.29, 1.82) is 0 Å². The first-order valence-electron chi connectivity index (χ1n) is 10.1. The van der Waals surface area contributed by atoms with Crippen LogP contribution >= 0.6 is 0 Å². The number of ether oxygens (including phenoxy) is 1. The normalized spacial score (nSPS) is 24.8. The van der Waals surface area contributed by atoms with Crippen LogP contribution < -0.4 is 5.32 Å². The van der Waals surface area contributed by atoms with Gasteiger partial charge in [-0.15, -0.1) is 0 Å². The molecule has 2 aliphatic rings. The molecule has 1 aliphatic carbocycles. The summed E-state index contributed by atoms with van der Waals surface area (Å²) in [5.41, 5.74) is 2.71. The molecule has 1 N–H and O–H groups in total. The number of rotatable bonds is 6. The summed E-state index contributed by atoms with van der Waals surface area (Å²) in [6.07, 6.45) is 10.6. The summed E-state index contributed by atoms with van der Waals surface area (Å²) in [6.45, 7) is 2.73. The molecule has 3 heteroatoms. The Morgan fingerprint density at radius 1 is 0.962 bits per heavy atom. The molecular formula is C23H30N2O. The van der Waals surface area contributed by atoms with Crippen LogP contribution in [0, 0.1) is 0 Å². The molecule has 1 atom stereocenters. The Morgan fingerprint density at radius 2 is 1.77 bits per heavy atom. The maximum atomic E-state index is 6.50. The minimum atomic E-state index is 0.0578. The molecule has 2 aromatic rings. The first kappa shape index (κ1) is 17.7. The third-order valence-electron chi connectivity index (χ3n) is 6.24. The Kier molecular flexibility index (Phi) is 5.37. The van der Waals surface area contributed by atoms with E-state index in [2.05, 4.69) is 47.8 Å². The molecule has 3 nitrogen and oxygen atoms in total. The summed E-state index contributed by atoms with van der Waals surface area (Å²) in [7, 11) is 0. The predicted molar refractivity (Wildman–Crippen MR) is 105 cm³/mol. The van der Waals surface area contributed by atoms with Crippen LogP contribution in [-0.2, 0) is 16.7 Å². The highest BCUT2D eigenvalue weighted by Gasteiger charge is 2.50. The van der Waals surface area contributed by atoms with Gasteiger partial charge in [0.1, 0.15) is 0 Å². The van der Waals surface area contributed by atoms with Crippen LogP contribution in [0.2, 0.25) is 0 Å². The van der Waals surface area contributed by atoms with E-state index in [-0.39, 0.29) is 11.0 Å². The molecule has 1 aromatic carbocycles. The molecule has 2 fully saturated rings. The Labute approximate surface area is 157 Å². The Balaban J connectivity index is 1.44. The second-order valence-electron chi connectivity index (χ2n) is 8.12. The minimum Gasteiger partial charge on any atom is -0.374 e. The highest BCUT2D eigenvalue weighted by molar-refractivity contribution is 5.22. The average Bonchev–Trinajstić information content (AvgIpc) is 3.06. The van der Waals surface area contributed by atoms with E-state index >= 15 is 0 Å². The summed E-state index contributed by atoms with van der Waals surface area (Å²) in [6, 6.07) is 17.0. The van der Waals surface area contributed by atoms with Gasteiger partial charge in [-0.3, -0.25) is 4.98 Å². The standard InChI is InChI=1S/C23H30N2O/c1-3-9-20(10-4-1)17-24-16-14-22(21-11-5-8-15-25-21)18-23(26-19-22)12-6-2-7-13-23/h1,3-5,8-11,15,24H,2,6-7,12-14,16-19H2. The Hall–Kier alpha value is -1.71. The fourth-order valence-corrected chi connectivity index (χ4v) is 4.81. The molecule has 1 aliphatic heterocycles. The molecular weight excluding hydrogens is 320 g/mol. The summed E-state index contributed by atoms with van der Waals surface area (Å²) < 4.78 is 6.50. The van der Waals surface area contributed by atoms with Gasteiger partial charge in [0.15, 0.2) is 0 Å². The molecule has 1 spiro atoms. The number of pyridine rings is 1. The first-order valence-corrected chi connectivity index (χ1v) is 10.1. The third kappa shape index (κ3) is 3.84. The van der Waals surface area contributed by atoms with Crippen molar-refractivity contribution < 1.29 is 4.74 Å². The molecule has 2 heterocycles. The zero-order valence-electron chi connectivity index (χ0n) is 15.6. The van der Waals surface area contributed by atoms with Crippen molar-refractivity contribution in [1.82, 2.24) is 10.3 Å². The van der Waals surface area contributed by atoms with Gasteiger partial charge >= 0.3 is 0 Å². The minimum absolute atomic E-state index is 0.0578. The van der Waals surface area contributed by atoms with Gasteiger partial charge in [0, 0.05) is 23.9 Å². The second kappa shape index (κ2) is 7.89. The van der Waals surface area contributed by atoms with Crippen molar-refractivity contribution in [3.8, 4) is 0 Å². The average molecular weight is 351 g/mol. The molecule has 1 saturated heterocycles.